The second kappa shape index (κ2) is 8.13. The predicted molar refractivity (Wildman–Crippen MR) is 96.8 cm³/mol. The minimum atomic E-state index is -0.0186. The van der Waals surface area contributed by atoms with Gasteiger partial charge < -0.3 is 4.74 Å². The Morgan fingerprint density at radius 1 is 1.20 bits per heavy atom. The summed E-state index contributed by atoms with van der Waals surface area (Å²) in [4.78, 5) is 11.6. The van der Waals surface area contributed by atoms with E-state index in [9.17, 15) is 4.79 Å². The molecule has 1 heterocycles. The van der Waals surface area contributed by atoms with Gasteiger partial charge in [-0.1, -0.05) is 35.5 Å². The second-order valence-electron chi connectivity index (χ2n) is 5.10. The summed E-state index contributed by atoms with van der Waals surface area (Å²) in [7, 11) is 0. The zero-order valence-electron chi connectivity index (χ0n) is 13.4. The number of nitrogens with zero attached hydrogens (tertiary/aromatic N) is 4. The van der Waals surface area contributed by atoms with Crippen LogP contribution in [0, 0.1) is 0 Å². The number of carbonyl (C=O) groups is 1. The summed E-state index contributed by atoms with van der Waals surface area (Å²) in [6, 6.07) is 14.5. The fourth-order valence-corrected chi connectivity index (χ4v) is 3.01. The highest BCUT2D eigenvalue weighted by Crippen LogP contribution is 2.21. The lowest BCUT2D eigenvalue weighted by molar-refractivity contribution is 0.101. The van der Waals surface area contributed by atoms with Gasteiger partial charge in [0.1, 0.15) is 5.75 Å². The molecular formula is C17H15ClN4O2S. The van der Waals surface area contributed by atoms with Gasteiger partial charge in [-0.2, -0.15) is 4.68 Å². The maximum absolute atomic E-state index is 11.6. The number of carbonyl (C=O) groups excluding carboxylic acids is 1. The average Bonchev–Trinajstić information content (AvgIpc) is 3.08. The Balaban J connectivity index is 1.60. The Morgan fingerprint density at radius 3 is 2.72 bits per heavy atom. The summed E-state index contributed by atoms with van der Waals surface area (Å²) in [6.45, 7) is 1.96. The molecule has 25 heavy (non-hydrogen) atoms. The van der Waals surface area contributed by atoms with Gasteiger partial charge in [0.05, 0.1) is 17.9 Å². The fourth-order valence-electron chi connectivity index (χ4n) is 2.18. The zero-order valence-corrected chi connectivity index (χ0v) is 15.0. The lowest BCUT2D eigenvalue weighted by Crippen LogP contribution is -2.06. The van der Waals surface area contributed by atoms with Gasteiger partial charge in [0.25, 0.3) is 0 Å². The standard InChI is InChI=1S/C17H15ClN4O2S/c1-12(23)15-4-2-3-5-16(15)24-10-11-25-17-19-20-21-22(17)14-8-6-13(18)7-9-14/h2-9H,10-11H2,1H3. The van der Waals surface area contributed by atoms with Crippen LogP contribution in [0.25, 0.3) is 5.69 Å². The fraction of sp³-hybridized carbons (Fsp3) is 0.176. The minimum Gasteiger partial charge on any atom is -0.492 e. The Bertz CT molecular complexity index is 867. The highest BCUT2D eigenvalue weighted by Gasteiger charge is 2.10. The molecule has 0 saturated carbocycles. The van der Waals surface area contributed by atoms with Crippen LogP contribution in [-0.2, 0) is 0 Å². The molecular weight excluding hydrogens is 360 g/mol. The van der Waals surface area contributed by atoms with Gasteiger partial charge in [-0.05, 0) is 53.7 Å². The van der Waals surface area contributed by atoms with Crippen molar-refractivity contribution in [1.29, 1.82) is 0 Å². The first-order valence-corrected chi connectivity index (χ1v) is 8.91. The molecule has 3 rings (SSSR count). The number of halogens is 1. The second-order valence-corrected chi connectivity index (χ2v) is 6.60. The van der Waals surface area contributed by atoms with E-state index < -0.39 is 0 Å². The molecule has 0 aliphatic rings. The van der Waals surface area contributed by atoms with Gasteiger partial charge >= 0.3 is 0 Å². The van der Waals surface area contributed by atoms with E-state index in [0.29, 0.717) is 33.9 Å². The molecule has 1 aromatic heterocycles. The van der Waals surface area contributed by atoms with E-state index in [4.69, 9.17) is 16.3 Å². The average molecular weight is 375 g/mol. The number of rotatable bonds is 7. The molecule has 0 bridgehead atoms. The van der Waals surface area contributed by atoms with E-state index in [1.165, 1.54) is 18.7 Å². The molecule has 0 unspecified atom stereocenters. The Labute approximate surface area is 154 Å². The van der Waals surface area contributed by atoms with E-state index in [1.807, 2.05) is 24.3 Å². The summed E-state index contributed by atoms with van der Waals surface area (Å²) in [5.74, 6) is 1.21. The van der Waals surface area contributed by atoms with E-state index in [-0.39, 0.29) is 5.78 Å². The van der Waals surface area contributed by atoms with Crippen LogP contribution in [-0.4, -0.2) is 38.4 Å². The molecule has 0 amide bonds. The molecule has 0 N–H and O–H groups in total. The molecule has 0 aliphatic heterocycles. The van der Waals surface area contributed by atoms with Gasteiger partial charge in [-0.3, -0.25) is 4.79 Å². The third-order valence-electron chi connectivity index (χ3n) is 3.35. The van der Waals surface area contributed by atoms with Gasteiger partial charge in [-0.25, -0.2) is 0 Å². The van der Waals surface area contributed by atoms with E-state index in [1.54, 1.807) is 28.9 Å². The van der Waals surface area contributed by atoms with Crippen LogP contribution in [0.5, 0.6) is 5.75 Å². The normalized spacial score (nSPS) is 10.6. The molecule has 0 aliphatic carbocycles. The van der Waals surface area contributed by atoms with Gasteiger partial charge in [0, 0.05) is 10.8 Å². The Morgan fingerprint density at radius 2 is 1.96 bits per heavy atom. The zero-order chi connectivity index (χ0) is 17.6. The molecule has 0 atom stereocenters. The number of tetrazole rings is 1. The first-order valence-electron chi connectivity index (χ1n) is 7.55. The van der Waals surface area contributed by atoms with Crippen LogP contribution in [0.4, 0.5) is 0 Å². The van der Waals surface area contributed by atoms with Crippen molar-refractivity contribution < 1.29 is 9.53 Å². The number of hydrogen-bond acceptors (Lipinski definition) is 6. The minimum absolute atomic E-state index is 0.0186. The van der Waals surface area contributed by atoms with Crippen LogP contribution in [0.1, 0.15) is 17.3 Å². The summed E-state index contributed by atoms with van der Waals surface area (Å²) >= 11 is 7.37. The third kappa shape index (κ3) is 4.37. The van der Waals surface area contributed by atoms with E-state index in [0.717, 1.165) is 5.69 Å². The van der Waals surface area contributed by atoms with Crippen molar-refractivity contribution >= 4 is 29.1 Å². The largest absolute Gasteiger partial charge is 0.492 e. The Kier molecular flexibility index (Phi) is 5.67. The highest BCUT2D eigenvalue weighted by atomic mass is 35.5. The number of benzene rings is 2. The molecule has 6 nitrogen and oxygen atoms in total. The number of para-hydroxylation sites is 1. The number of ketones is 1. The number of thioether (sulfide) groups is 1. The van der Waals surface area contributed by atoms with Crippen molar-refractivity contribution in [2.45, 2.75) is 12.1 Å². The molecule has 0 spiro atoms. The van der Waals surface area contributed by atoms with Gasteiger partial charge in [0.15, 0.2) is 5.78 Å². The van der Waals surface area contributed by atoms with Gasteiger partial charge in [0.2, 0.25) is 5.16 Å². The highest BCUT2D eigenvalue weighted by molar-refractivity contribution is 7.99. The molecule has 128 valence electrons. The molecule has 0 fully saturated rings. The lowest BCUT2D eigenvalue weighted by atomic mass is 10.1. The summed E-state index contributed by atoms with van der Waals surface area (Å²) in [5, 5.41) is 13.1. The maximum atomic E-state index is 11.6. The lowest BCUT2D eigenvalue weighted by Gasteiger charge is -2.09. The van der Waals surface area contributed by atoms with Crippen molar-refractivity contribution in [2.75, 3.05) is 12.4 Å². The van der Waals surface area contributed by atoms with Crippen molar-refractivity contribution in [1.82, 2.24) is 20.2 Å². The summed E-state index contributed by atoms with van der Waals surface area (Å²) < 4.78 is 7.36. The van der Waals surface area contributed by atoms with Crippen molar-refractivity contribution in [3.8, 4) is 11.4 Å². The predicted octanol–water partition coefficient (Wildman–Crippen LogP) is 3.69. The van der Waals surface area contributed by atoms with E-state index >= 15 is 0 Å². The van der Waals surface area contributed by atoms with Crippen LogP contribution in [0.2, 0.25) is 5.02 Å². The summed E-state index contributed by atoms with van der Waals surface area (Å²) in [6.07, 6.45) is 0. The molecule has 0 saturated heterocycles. The Hall–Kier alpha value is -2.38. The molecule has 2 aromatic carbocycles. The first kappa shape index (κ1) is 17.4. The molecule has 8 heteroatoms. The van der Waals surface area contributed by atoms with E-state index in [2.05, 4.69) is 15.5 Å². The number of Topliss-reactive ketones (excluding diaryl/α,β-unsaturated/α-hetero) is 1. The molecule has 3 aromatic rings. The topological polar surface area (TPSA) is 69.9 Å². The van der Waals surface area contributed by atoms with Crippen molar-refractivity contribution in [3.63, 3.8) is 0 Å². The number of hydrogen-bond donors (Lipinski definition) is 0. The van der Waals surface area contributed by atoms with Crippen LogP contribution in [0.15, 0.2) is 53.7 Å². The van der Waals surface area contributed by atoms with Crippen LogP contribution >= 0.6 is 23.4 Å². The quantitative estimate of drug-likeness (QED) is 0.357. The number of aromatic nitrogens is 4. The number of ether oxygens (including phenoxy) is 1. The van der Waals surface area contributed by atoms with Crippen LogP contribution < -0.4 is 4.74 Å². The monoisotopic (exact) mass is 374 g/mol. The first-order chi connectivity index (χ1) is 12.1. The van der Waals surface area contributed by atoms with Crippen molar-refractivity contribution in [2.24, 2.45) is 0 Å². The summed E-state index contributed by atoms with van der Waals surface area (Å²) in [5.41, 5.74) is 1.42. The molecule has 0 radical (unpaired) electrons. The smallest absolute Gasteiger partial charge is 0.214 e. The van der Waals surface area contributed by atoms with Crippen molar-refractivity contribution in [3.05, 3.63) is 59.1 Å². The van der Waals surface area contributed by atoms with Crippen LogP contribution in [0.3, 0.4) is 0 Å². The van der Waals surface area contributed by atoms with Gasteiger partial charge in [-0.15, -0.1) is 5.10 Å². The third-order valence-corrected chi connectivity index (χ3v) is 4.49. The maximum Gasteiger partial charge on any atom is 0.214 e. The SMILES string of the molecule is CC(=O)c1ccccc1OCCSc1nnnn1-c1ccc(Cl)cc1.